The normalized spacial score (nSPS) is 15.3. The van der Waals surface area contributed by atoms with Crippen molar-refractivity contribution in [2.75, 3.05) is 32.8 Å². The maximum Gasteiger partial charge on any atom is 0.317 e. The van der Waals surface area contributed by atoms with Gasteiger partial charge in [-0.1, -0.05) is 32.0 Å². The third-order valence-electron chi connectivity index (χ3n) is 5.54. The quantitative estimate of drug-likeness (QED) is 0.625. The number of urea groups is 1. The molecule has 0 aliphatic carbocycles. The number of para-hydroxylation sites is 1. The molecule has 2 aromatic rings. The molecule has 3 amide bonds. The van der Waals surface area contributed by atoms with Crippen molar-refractivity contribution in [3.8, 4) is 5.75 Å². The fraction of sp³-hybridized carbons (Fsp3) is 0.500. The first-order valence-corrected chi connectivity index (χ1v) is 12.0. The van der Waals surface area contributed by atoms with E-state index in [1.807, 2.05) is 49.9 Å². The monoisotopic (exact) mass is 443 g/mol. The molecule has 168 valence electrons. The van der Waals surface area contributed by atoms with Gasteiger partial charge < -0.3 is 19.9 Å². The highest BCUT2D eigenvalue weighted by atomic mass is 32.1. The minimum Gasteiger partial charge on any atom is -0.491 e. The van der Waals surface area contributed by atoms with Gasteiger partial charge in [0.2, 0.25) is 5.91 Å². The van der Waals surface area contributed by atoms with Gasteiger partial charge in [-0.05, 0) is 54.8 Å². The number of hydrogen-bond acceptors (Lipinski definition) is 4. The van der Waals surface area contributed by atoms with Crippen LogP contribution in [-0.2, 0) is 11.2 Å². The third kappa shape index (κ3) is 5.79. The van der Waals surface area contributed by atoms with Gasteiger partial charge in [0.25, 0.3) is 0 Å². The molecule has 0 spiro atoms. The molecule has 1 aliphatic heterocycles. The van der Waals surface area contributed by atoms with Crippen LogP contribution in [0.25, 0.3) is 0 Å². The van der Waals surface area contributed by atoms with Crippen molar-refractivity contribution < 1.29 is 14.3 Å². The van der Waals surface area contributed by atoms with Crippen molar-refractivity contribution in [2.45, 2.75) is 46.1 Å². The van der Waals surface area contributed by atoms with Gasteiger partial charge in [0, 0.05) is 24.5 Å². The van der Waals surface area contributed by atoms with Gasteiger partial charge in [0.1, 0.15) is 18.9 Å². The van der Waals surface area contributed by atoms with E-state index in [1.165, 1.54) is 4.88 Å². The van der Waals surface area contributed by atoms with E-state index in [0.717, 1.165) is 36.1 Å². The summed E-state index contributed by atoms with van der Waals surface area (Å²) < 4.78 is 6.15. The predicted octanol–water partition coefficient (Wildman–Crippen LogP) is 4.39. The zero-order valence-corrected chi connectivity index (χ0v) is 19.5. The van der Waals surface area contributed by atoms with Crippen LogP contribution in [0.3, 0.4) is 0 Å². The molecule has 0 saturated heterocycles. The fourth-order valence-corrected chi connectivity index (χ4v) is 4.81. The zero-order chi connectivity index (χ0) is 22.2. The molecule has 1 N–H and O–H groups in total. The molecule has 31 heavy (non-hydrogen) atoms. The van der Waals surface area contributed by atoms with Crippen LogP contribution in [0.2, 0.25) is 0 Å². The Kier molecular flexibility index (Phi) is 8.35. The van der Waals surface area contributed by atoms with Gasteiger partial charge in [-0.25, -0.2) is 4.79 Å². The highest BCUT2D eigenvalue weighted by Gasteiger charge is 2.33. The van der Waals surface area contributed by atoms with Crippen molar-refractivity contribution in [3.63, 3.8) is 0 Å². The third-order valence-corrected chi connectivity index (χ3v) is 6.54. The van der Waals surface area contributed by atoms with Crippen LogP contribution < -0.4 is 10.1 Å². The molecular weight excluding hydrogens is 410 g/mol. The number of nitrogens with zero attached hydrogens (tertiary/aromatic N) is 2. The van der Waals surface area contributed by atoms with Gasteiger partial charge in [-0.15, -0.1) is 11.3 Å². The molecule has 1 atom stereocenters. The summed E-state index contributed by atoms with van der Waals surface area (Å²) in [7, 11) is 0. The minimum absolute atomic E-state index is 0.0321. The number of rotatable bonds is 9. The molecule has 6 nitrogen and oxygen atoms in total. The summed E-state index contributed by atoms with van der Waals surface area (Å²) in [6.45, 7) is 8.35. The summed E-state index contributed by atoms with van der Waals surface area (Å²) in [5, 5.41) is 4.98. The number of aryl methyl sites for hydroxylation is 1. The maximum absolute atomic E-state index is 13.3. The van der Waals surface area contributed by atoms with Gasteiger partial charge in [0.15, 0.2) is 0 Å². The van der Waals surface area contributed by atoms with E-state index in [1.54, 1.807) is 16.2 Å². The van der Waals surface area contributed by atoms with E-state index in [9.17, 15) is 9.59 Å². The molecule has 0 saturated carbocycles. The van der Waals surface area contributed by atoms with E-state index < -0.39 is 0 Å². The number of benzene rings is 1. The van der Waals surface area contributed by atoms with E-state index >= 15 is 0 Å². The summed E-state index contributed by atoms with van der Waals surface area (Å²) in [5.74, 6) is 0.805. The van der Waals surface area contributed by atoms with E-state index in [4.69, 9.17) is 4.74 Å². The lowest BCUT2D eigenvalue weighted by atomic mass is 10.0. The SMILES string of the molecule is CCCNC(=O)N(CCC)CC(=O)N1CCc2sccc2[C@@H]1COc1ccccc1C. The first-order valence-electron chi connectivity index (χ1n) is 11.1. The summed E-state index contributed by atoms with van der Waals surface area (Å²) in [5.41, 5.74) is 2.24. The van der Waals surface area contributed by atoms with Gasteiger partial charge in [-0.3, -0.25) is 4.79 Å². The standard InChI is InChI=1S/C24H33N3O3S/c1-4-12-25-24(29)26(13-5-2)16-23(28)27-14-10-22-19(11-15-31-22)20(27)17-30-21-9-7-6-8-18(21)3/h6-9,11,15,20H,4-5,10,12-14,16-17H2,1-3H3,(H,25,29)/t20-/m0/s1. The van der Waals surface area contributed by atoms with Crippen LogP contribution in [0.15, 0.2) is 35.7 Å². The predicted molar refractivity (Wildman–Crippen MR) is 125 cm³/mol. The molecule has 0 bridgehead atoms. The molecule has 1 aromatic heterocycles. The van der Waals surface area contributed by atoms with Crippen molar-refractivity contribution in [1.82, 2.24) is 15.1 Å². The molecule has 0 radical (unpaired) electrons. The molecular formula is C24H33N3O3S. The maximum atomic E-state index is 13.3. The van der Waals surface area contributed by atoms with Crippen LogP contribution in [-0.4, -0.2) is 54.5 Å². The van der Waals surface area contributed by atoms with Crippen molar-refractivity contribution in [1.29, 1.82) is 0 Å². The van der Waals surface area contributed by atoms with E-state index in [-0.39, 0.29) is 24.5 Å². The van der Waals surface area contributed by atoms with Crippen molar-refractivity contribution in [2.24, 2.45) is 0 Å². The molecule has 1 aliphatic rings. The zero-order valence-electron chi connectivity index (χ0n) is 18.7. The van der Waals surface area contributed by atoms with Gasteiger partial charge >= 0.3 is 6.03 Å². The number of amides is 3. The Morgan fingerprint density at radius 3 is 2.77 bits per heavy atom. The van der Waals surface area contributed by atoms with Crippen molar-refractivity contribution >= 4 is 23.3 Å². The number of carbonyl (C=O) groups is 2. The Labute approximate surface area is 189 Å². The smallest absolute Gasteiger partial charge is 0.317 e. The highest BCUT2D eigenvalue weighted by Crippen LogP contribution is 2.34. The molecule has 0 unspecified atom stereocenters. The van der Waals surface area contributed by atoms with Crippen LogP contribution in [0.4, 0.5) is 4.79 Å². The Hall–Kier alpha value is -2.54. The average molecular weight is 444 g/mol. The Bertz CT molecular complexity index is 882. The average Bonchev–Trinajstić information content (AvgIpc) is 3.25. The Morgan fingerprint density at radius 2 is 2.03 bits per heavy atom. The molecule has 3 rings (SSSR count). The fourth-order valence-electron chi connectivity index (χ4n) is 3.88. The Balaban J connectivity index is 1.74. The summed E-state index contributed by atoms with van der Waals surface area (Å²) >= 11 is 1.74. The summed E-state index contributed by atoms with van der Waals surface area (Å²) in [4.78, 5) is 30.7. The topological polar surface area (TPSA) is 61.9 Å². The lowest BCUT2D eigenvalue weighted by Crippen LogP contribution is -2.50. The van der Waals surface area contributed by atoms with Crippen LogP contribution in [0.1, 0.15) is 48.7 Å². The lowest BCUT2D eigenvalue weighted by molar-refractivity contribution is -0.135. The number of thiophene rings is 1. The van der Waals surface area contributed by atoms with Gasteiger partial charge in [0.05, 0.1) is 6.04 Å². The van der Waals surface area contributed by atoms with E-state index in [2.05, 4.69) is 16.8 Å². The number of carbonyl (C=O) groups excluding carboxylic acids is 2. The van der Waals surface area contributed by atoms with Crippen LogP contribution in [0.5, 0.6) is 5.75 Å². The van der Waals surface area contributed by atoms with Crippen molar-refractivity contribution in [3.05, 3.63) is 51.7 Å². The minimum atomic E-state index is -0.169. The molecule has 7 heteroatoms. The summed E-state index contributed by atoms with van der Waals surface area (Å²) in [6.07, 6.45) is 2.52. The summed E-state index contributed by atoms with van der Waals surface area (Å²) in [6, 6.07) is 9.71. The number of nitrogens with one attached hydrogen (secondary N) is 1. The molecule has 0 fully saturated rings. The lowest BCUT2D eigenvalue weighted by Gasteiger charge is -2.37. The van der Waals surface area contributed by atoms with Gasteiger partial charge in [-0.2, -0.15) is 0 Å². The first kappa shape index (κ1) is 23.1. The molecule has 2 heterocycles. The highest BCUT2D eigenvalue weighted by molar-refractivity contribution is 7.10. The Morgan fingerprint density at radius 1 is 1.23 bits per heavy atom. The number of fused-ring (bicyclic) bond motifs is 1. The molecule has 1 aromatic carbocycles. The van der Waals surface area contributed by atoms with E-state index in [0.29, 0.717) is 26.2 Å². The number of hydrogen-bond donors (Lipinski definition) is 1. The van der Waals surface area contributed by atoms with Crippen LogP contribution in [0, 0.1) is 6.92 Å². The second-order valence-electron chi connectivity index (χ2n) is 7.88. The second-order valence-corrected chi connectivity index (χ2v) is 8.88. The largest absolute Gasteiger partial charge is 0.491 e. The van der Waals surface area contributed by atoms with Crippen LogP contribution >= 0.6 is 11.3 Å². The first-order chi connectivity index (χ1) is 15.0. The number of ether oxygens (including phenoxy) is 1. The second kappa shape index (κ2) is 11.2.